The molecule has 0 spiro atoms. The Morgan fingerprint density at radius 1 is 0.933 bits per heavy atom. The third kappa shape index (κ3) is 11.0. The molecule has 0 aliphatic carbocycles. The fourth-order valence-corrected chi connectivity index (χ4v) is 5.54. The topological polar surface area (TPSA) is 113 Å². The second-order valence-corrected chi connectivity index (χ2v) is 12.3. The Bertz CT molecular complexity index is 1610. The van der Waals surface area contributed by atoms with Gasteiger partial charge in [0, 0.05) is 36.4 Å². The Kier molecular flexibility index (Phi) is 13.1. The number of rotatable bonds is 11. The van der Waals surface area contributed by atoms with Crippen LogP contribution in [0.15, 0.2) is 97.3 Å². The number of nitrogens with one attached hydrogen (secondary N) is 3. The monoisotopic (exact) mass is 675 g/mol. The molecule has 45 heavy (non-hydrogen) atoms. The maximum Gasteiger partial charge on any atom is 0.246 e. The molecule has 3 N–H and O–H groups in total. The number of amides is 1. The number of sulfonamides is 1. The molecule has 9 nitrogen and oxygen atoms in total. The largest absolute Gasteiger partial charge is 0.457 e. The van der Waals surface area contributed by atoms with E-state index in [1.807, 2.05) is 36.4 Å². The van der Waals surface area contributed by atoms with Crippen LogP contribution >= 0.6 is 24.8 Å². The Balaban J connectivity index is 0.00000276. The number of hydrogen-bond donors (Lipinski definition) is 3. The van der Waals surface area contributed by atoms with Gasteiger partial charge in [-0.15, -0.1) is 24.8 Å². The minimum Gasteiger partial charge on any atom is -0.457 e. The minimum absolute atomic E-state index is 0. The summed E-state index contributed by atoms with van der Waals surface area (Å²) in [4.78, 5) is 19.8. The van der Waals surface area contributed by atoms with E-state index in [-0.39, 0.29) is 42.6 Å². The molecule has 13 heteroatoms. The molecule has 0 bridgehead atoms. The molecule has 1 fully saturated rings. The van der Waals surface area contributed by atoms with Gasteiger partial charge >= 0.3 is 0 Å². The molecule has 0 saturated carbocycles. The first kappa shape index (κ1) is 35.7. The molecule has 5 rings (SSSR count). The van der Waals surface area contributed by atoms with Crippen molar-refractivity contribution >= 4 is 52.1 Å². The van der Waals surface area contributed by atoms with E-state index >= 15 is 0 Å². The number of aromatic nitrogens is 1. The van der Waals surface area contributed by atoms with Crippen LogP contribution in [0.5, 0.6) is 11.5 Å². The second kappa shape index (κ2) is 16.5. The van der Waals surface area contributed by atoms with Crippen LogP contribution in [0.3, 0.4) is 0 Å². The summed E-state index contributed by atoms with van der Waals surface area (Å²) >= 11 is 0. The lowest BCUT2D eigenvalue weighted by Gasteiger charge is -2.34. The van der Waals surface area contributed by atoms with Crippen molar-refractivity contribution in [3.8, 4) is 11.5 Å². The Hall–Kier alpha value is -3.74. The lowest BCUT2D eigenvalue weighted by molar-refractivity contribution is -0.118. The molecule has 3 aromatic carbocycles. The molecule has 1 unspecified atom stereocenters. The molecule has 1 aliphatic heterocycles. The summed E-state index contributed by atoms with van der Waals surface area (Å²) in [5, 5.41) is 6.42. The number of carbonyl (C=O) groups excluding carboxylic acids is 1. The summed E-state index contributed by atoms with van der Waals surface area (Å²) in [6.07, 6.45) is 6.23. The van der Waals surface area contributed by atoms with Crippen LogP contribution in [0.4, 0.5) is 15.8 Å². The standard InChI is InChI=1S/C32H34FN5O4S.2ClH/c1-43(40,41)37-28-10-14-30(15-11-28)42-29-12-4-23(5-13-29)22-38-19-16-27(17-20-38)35-31(24-3-2-18-34-21-24)32(39)36-26-8-6-25(33)7-9-26;;/h2-15,18,21,27,31,35,37H,16-17,19-20,22H2,1H3,(H,36,39);2*1H. The first-order valence-corrected chi connectivity index (χ1v) is 15.9. The fourth-order valence-electron chi connectivity index (χ4n) is 4.97. The quantitative estimate of drug-likeness (QED) is 0.175. The number of pyridine rings is 1. The van der Waals surface area contributed by atoms with E-state index in [0.29, 0.717) is 22.9 Å². The predicted octanol–water partition coefficient (Wildman–Crippen LogP) is 6.16. The van der Waals surface area contributed by atoms with Crippen LogP contribution < -0.4 is 20.1 Å². The number of hydrogen-bond acceptors (Lipinski definition) is 7. The molecule has 1 amide bonds. The van der Waals surface area contributed by atoms with Crippen LogP contribution in [-0.2, 0) is 21.4 Å². The van der Waals surface area contributed by atoms with Crippen LogP contribution in [0.25, 0.3) is 0 Å². The van der Waals surface area contributed by atoms with Crippen LogP contribution in [0, 0.1) is 5.82 Å². The molecule has 1 atom stereocenters. The van der Waals surface area contributed by atoms with Gasteiger partial charge in [0.1, 0.15) is 23.4 Å². The summed E-state index contributed by atoms with van der Waals surface area (Å²) in [7, 11) is -3.33. The third-order valence-corrected chi connectivity index (χ3v) is 7.71. The number of nitrogens with zero attached hydrogens (tertiary/aromatic N) is 2. The highest BCUT2D eigenvalue weighted by atomic mass is 35.5. The molecule has 4 aromatic rings. The number of carbonyl (C=O) groups is 1. The first-order valence-electron chi connectivity index (χ1n) is 14.0. The van der Waals surface area contributed by atoms with Crippen LogP contribution in [0.2, 0.25) is 0 Å². The number of likely N-dealkylation sites (tertiary alicyclic amines) is 1. The van der Waals surface area contributed by atoms with Gasteiger partial charge in [0.25, 0.3) is 0 Å². The summed E-state index contributed by atoms with van der Waals surface area (Å²) in [5.74, 6) is 0.726. The summed E-state index contributed by atoms with van der Waals surface area (Å²) < 4.78 is 44.4. The summed E-state index contributed by atoms with van der Waals surface area (Å²) in [5.41, 5.74) is 2.95. The van der Waals surface area contributed by atoms with Gasteiger partial charge in [-0.2, -0.15) is 0 Å². The molecule has 1 aromatic heterocycles. The van der Waals surface area contributed by atoms with Crippen LogP contribution in [-0.4, -0.2) is 49.6 Å². The highest BCUT2D eigenvalue weighted by molar-refractivity contribution is 7.92. The lowest BCUT2D eigenvalue weighted by atomic mass is 10.0. The molecule has 2 heterocycles. The Morgan fingerprint density at radius 2 is 1.53 bits per heavy atom. The van der Waals surface area contributed by atoms with Crippen molar-refractivity contribution in [2.75, 3.05) is 29.4 Å². The Labute approximate surface area is 275 Å². The zero-order valence-electron chi connectivity index (χ0n) is 24.6. The molecule has 1 aliphatic rings. The van der Waals surface area contributed by atoms with Gasteiger partial charge in [0.2, 0.25) is 15.9 Å². The van der Waals surface area contributed by atoms with Gasteiger partial charge in [-0.3, -0.25) is 24.7 Å². The molecule has 240 valence electrons. The lowest BCUT2D eigenvalue weighted by Crippen LogP contribution is -2.46. The zero-order valence-corrected chi connectivity index (χ0v) is 27.0. The van der Waals surface area contributed by atoms with Crippen molar-refractivity contribution < 1.29 is 22.3 Å². The average Bonchev–Trinajstić information content (AvgIpc) is 2.99. The number of ether oxygens (including phenoxy) is 1. The molecule has 1 saturated heterocycles. The second-order valence-electron chi connectivity index (χ2n) is 10.6. The van der Waals surface area contributed by atoms with E-state index < -0.39 is 16.1 Å². The molecular weight excluding hydrogens is 640 g/mol. The zero-order chi connectivity index (χ0) is 30.2. The maximum absolute atomic E-state index is 13.3. The SMILES string of the molecule is CS(=O)(=O)Nc1ccc(Oc2ccc(CN3CCC(NC(C(=O)Nc4ccc(F)cc4)c4cccnc4)CC3)cc2)cc1.Cl.Cl. The molecular formula is C32H36Cl2FN5O4S. The van der Waals surface area contributed by atoms with Crippen molar-refractivity contribution in [1.82, 2.24) is 15.2 Å². The first-order chi connectivity index (χ1) is 20.7. The minimum atomic E-state index is -3.33. The van der Waals surface area contributed by atoms with E-state index in [4.69, 9.17) is 4.74 Å². The smallest absolute Gasteiger partial charge is 0.246 e. The van der Waals surface area contributed by atoms with Gasteiger partial charge in [-0.25, -0.2) is 12.8 Å². The number of benzene rings is 3. The van der Waals surface area contributed by atoms with Crippen molar-refractivity contribution in [2.45, 2.75) is 31.5 Å². The number of piperidine rings is 1. The summed E-state index contributed by atoms with van der Waals surface area (Å²) in [6.45, 7) is 2.56. The van der Waals surface area contributed by atoms with Crippen LogP contribution in [0.1, 0.15) is 30.0 Å². The third-order valence-electron chi connectivity index (χ3n) is 7.10. The Morgan fingerprint density at radius 3 is 2.11 bits per heavy atom. The van der Waals surface area contributed by atoms with Crippen molar-refractivity contribution in [1.29, 1.82) is 0 Å². The van der Waals surface area contributed by atoms with E-state index in [0.717, 1.165) is 44.3 Å². The van der Waals surface area contributed by atoms with Crippen molar-refractivity contribution in [3.63, 3.8) is 0 Å². The van der Waals surface area contributed by atoms with Gasteiger partial charge in [0.15, 0.2) is 0 Å². The highest BCUT2D eigenvalue weighted by Crippen LogP contribution is 2.25. The average molecular weight is 677 g/mol. The van der Waals surface area contributed by atoms with Gasteiger partial charge in [-0.1, -0.05) is 18.2 Å². The summed E-state index contributed by atoms with van der Waals surface area (Å²) in [6, 6.07) is 23.6. The maximum atomic E-state index is 13.3. The van der Waals surface area contributed by atoms with Gasteiger partial charge in [0.05, 0.1) is 6.26 Å². The van der Waals surface area contributed by atoms with E-state index in [1.54, 1.807) is 48.8 Å². The van der Waals surface area contributed by atoms with E-state index in [1.165, 1.54) is 17.7 Å². The van der Waals surface area contributed by atoms with E-state index in [9.17, 15) is 17.6 Å². The van der Waals surface area contributed by atoms with Crippen molar-refractivity contribution in [2.24, 2.45) is 0 Å². The van der Waals surface area contributed by atoms with Crippen molar-refractivity contribution in [3.05, 3.63) is 114 Å². The normalized spacial score (nSPS) is 14.4. The predicted molar refractivity (Wildman–Crippen MR) is 179 cm³/mol. The van der Waals surface area contributed by atoms with Gasteiger partial charge in [-0.05, 0) is 104 Å². The molecule has 0 radical (unpaired) electrons. The highest BCUT2D eigenvalue weighted by Gasteiger charge is 2.27. The fraction of sp³-hybridized carbons (Fsp3) is 0.250. The number of halogens is 3. The van der Waals surface area contributed by atoms with E-state index in [2.05, 4.69) is 25.2 Å². The van der Waals surface area contributed by atoms with Gasteiger partial charge < -0.3 is 10.1 Å². The number of anilines is 2.